The second-order valence-corrected chi connectivity index (χ2v) is 4.59. The summed E-state index contributed by atoms with van der Waals surface area (Å²) >= 11 is 5.76. The summed E-state index contributed by atoms with van der Waals surface area (Å²) in [6.45, 7) is 0. The number of rotatable bonds is 2. The molecular weight excluding hydrogens is 293 g/mol. The molecule has 2 aromatic rings. The van der Waals surface area contributed by atoms with Crippen LogP contribution in [-0.4, -0.2) is 10.1 Å². The lowest BCUT2D eigenvalue weighted by Gasteiger charge is -2.14. The number of nitrogens with zero attached hydrogens (tertiary/aromatic N) is 1. The van der Waals surface area contributed by atoms with E-state index in [0.29, 0.717) is 0 Å². The molecule has 1 atom stereocenters. The predicted octanol–water partition coefficient (Wildman–Crippen LogP) is 3.42. The minimum absolute atomic E-state index is 0.0711. The van der Waals surface area contributed by atoms with Gasteiger partial charge in [-0.25, -0.2) is 4.98 Å². The third-order valence-corrected chi connectivity index (χ3v) is 2.97. The number of halogens is 4. The van der Waals surface area contributed by atoms with Crippen LogP contribution < -0.4 is 5.73 Å². The van der Waals surface area contributed by atoms with Gasteiger partial charge in [0.25, 0.3) is 0 Å². The molecule has 2 rings (SSSR count). The van der Waals surface area contributed by atoms with E-state index in [0.717, 1.165) is 12.1 Å². The zero-order valence-corrected chi connectivity index (χ0v) is 10.8. The Morgan fingerprint density at radius 3 is 2.35 bits per heavy atom. The lowest BCUT2D eigenvalue weighted by Crippen LogP contribution is -2.08. The Labute approximate surface area is 117 Å². The second-order valence-electron chi connectivity index (χ2n) is 4.15. The van der Waals surface area contributed by atoms with Gasteiger partial charge in [-0.1, -0.05) is 23.7 Å². The molecule has 0 spiro atoms. The van der Waals surface area contributed by atoms with E-state index < -0.39 is 17.8 Å². The number of benzene rings is 1. The van der Waals surface area contributed by atoms with Crippen LogP contribution in [0.4, 0.5) is 19.0 Å². The molecule has 0 saturated carbocycles. The van der Waals surface area contributed by atoms with E-state index in [1.165, 1.54) is 24.4 Å². The molecule has 0 amide bonds. The number of aliphatic hydroxyl groups is 1. The molecular formula is C13H10ClF3N2O. The average molecular weight is 303 g/mol. The van der Waals surface area contributed by atoms with E-state index in [1.54, 1.807) is 0 Å². The second kappa shape index (κ2) is 5.30. The van der Waals surface area contributed by atoms with Gasteiger partial charge < -0.3 is 10.8 Å². The highest BCUT2D eigenvalue weighted by Crippen LogP contribution is 2.32. The Bertz CT molecular complexity index is 614. The summed E-state index contributed by atoms with van der Waals surface area (Å²) in [4.78, 5) is 3.79. The summed E-state index contributed by atoms with van der Waals surface area (Å²) in [5.74, 6) is 0.0711. The number of pyridine rings is 1. The summed E-state index contributed by atoms with van der Waals surface area (Å²) in [6.07, 6.45) is -4.29. The molecule has 7 heteroatoms. The number of aliphatic hydroxyl groups excluding tert-OH is 1. The fraction of sp³-hybridized carbons (Fsp3) is 0.154. The van der Waals surface area contributed by atoms with Crippen LogP contribution in [-0.2, 0) is 6.18 Å². The van der Waals surface area contributed by atoms with Crippen LogP contribution in [0.15, 0.2) is 36.5 Å². The van der Waals surface area contributed by atoms with E-state index in [1.807, 2.05) is 0 Å². The zero-order chi connectivity index (χ0) is 14.9. The van der Waals surface area contributed by atoms with Gasteiger partial charge in [0, 0.05) is 11.8 Å². The van der Waals surface area contributed by atoms with Crippen LogP contribution >= 0.6 is 11.6 Å². The van der Waals surface area contributed by atoms with Crippen LogP contribution in [0.2, 0.25) is 5.02 Å². The molecule has 0 bridgehead atoms. The molecule has 0 fully saturated rings. The maximum absolute atomic E-state index is 12.5. The van der Waals surface area contributed by atoms with Crippen molar-refractivity contribution in [2.75, 3.05) is 5.73 Å². The maximum Gasteiger partial charge on any atom is 0.416 e. The number of hydrogen-bond acceptors (Lipinski definition) is 3. The highest BCUT2D eigenvalue weighted by molar-refractivity contribution is 6.30. The maximum atomic E-state index is 12.5. The molecule has 0 radical (unpaired) electrons. The third kappa shape index (κ3) is 3.02. The summed E-state index contributed by atoms with van der Waals surface area (Å²) in [7, 11) is 0. The highest BCUT2D eigenvalue weighted by atomic mass is 35.5. The molecule has 0 aliphatic heterocycles. The number of hydrogen-bond donors (Lipinski definition) is 2. The average Bonchev–Trinajstić information content (AvgIpc) is 2.40. The van der Waals surface area contributed by atoms with Crippen LogP contribution in [0.1, 0.15) is 22.8 Å². The van der Waals surface area contributed by atoms with E-state index in [2.05, 4.69) is 4.98 Å². The monoisotopic (exact) mass is 302 g/mol. The lowest BCUT2D eigenvalue weighted by molar-refractivity contribution is -0.137. The Morgan fingerprint density at radius 2 is 1.80 bits per heavy atom. The quantitative estimate of drug-likeness (QED) is 0.893. The molecule has 1 unspecified atom stereocenters. The van der Waals surface area contributed by atoms with Gasteiger partial charge >= 0.3 is 6.18 Å². The molecule has 1 aromatic carbocycles. The van der Waals surface area contributed by atoms with Gasteiger partial charge in [0.05, 0.1) is 10.6 Å². The van der Waals surface area contributed by atoms with Crippen molar-refractivity contribution in [1.82, 2.24) is 4.98 Å². The van der Waals surface area contributed by atoms with Crippen LogP contribution in [0.5, 0.6) is 0 Å². The Morgan fingerprint density at radius 1 is 1.20 bits per heavy atom. The Balaban J connectivity index is 2.34. The summed E-state index contributed by atoms with van der Waals surface area (Å²) in [5, 5.41) is 10.4. The summed E-state index contributed by atoms with van der Waals surface area (Å²) in [6, 6.07) is 5.59. The number of alkyl halides is 3. The lowest BCUT2D eigenvalue weighted by atomic mass is 10.0. The highest BCUT2D eigenvalue weighted by Gasteiger charge is 2.30. The van der Waals surface area contributed by atoms with E-state index >= 15 is 0 Å². The molecule has 0 aliphatic carbocycles. The molecule has 0 saturated heterocycles. The van der Waals surface area contributed by atoms with Crippen molar-refractivity contribution in [3.8, 4) is 0 Å². The van der Waals surface area contributed by atoms with Gasteiger partial charge in [-0.3, -0.25) is 0 Å². The van der Waals surface area contributed by atoms with Gasteiger partial charge in [-0.2, -0.15) is 13.2 Å². The minimum atomic E-state index is -4.42. The number of aromatic nitrogens is 1. The molecule has 3 N–H and O–H groups in total. The Hall–Kier alpha value is -1.79. The first-order chi connectivity index (χ1) is 9.29. The molecule has 1 aromatic heterocycles. The number of nitrogens with two attached hydrogens (primary N) is 1. The van der Waals surface area contributed by atoms with Gasteiger partial charge in [-0.05, 0) is 23.8 Å². The first kappa shape index (κ1) is 14.6. The first-order valence-corrected chi connectivity index (χ1v) is 5.93. The van der Waals surface area contributed by atoms with Crippen molar-refractivity contribution in [3.63, 3.8) is 0 Å². The van der Waals surface area contributed by atoms with Crippen molar-refractivity contribution < 1.29 is 18.3 Å². The van der Waals surface area contributed by atoms with Crippen LogP contribution in [0, 0.1) is 0 Å². The van der Waals surface area contributed by atoms with Crippen molar-refractivity contribution in [3.05, 3.63) is 58.2 Å². The smallest absolute Gasteiger partial charge is 0.384 e. The molecule has 1 heterocycles. The number of anilines is 1. The topological polar surface area (TPSA) is 59.1 Å². The van der Waals surface area contributed by atoms with Crippen LogP contribution in [0.25, 0.3) is 0 Å². The van der Waals surface area contributed by atoms with Crippen LogP contribution in [0.3, 0.4) is 0 Å². The van der Waals surface area contributed by atoms with Crippen molar-refractivity contribution >= 4 is 17.4 Å². The number of nitrogen functional groups attached to an aromatic ring is 1. The minimum Gasteiger partial charge on any atom is -0.384 e. The van der Waals surface area contributed by atoms with Gasteiger partial charge in [-0.15, -0.1) is 0 Å². The molecule has 0 aliphatic rings. The first-order valence-electron chi connectivity index (χ1n) is 5.55. The van der Waals surface area contributed by atoms with E-state index in [4.69, 9.17) is 17.3 Å². The summed E-state index contributed by atoms with van der Waals surface area (Å²) < 4.78 is 37.4. The fourth-order valence-electron chi connectivity index (χ4n) is 1.72. The molecule has 3 nitrogen and oxygen atoms in total. The fourth-order valence-corrected chi connectivity index (χ4v) is 1.88. The Kier molecular flexibility index (Phi) is 3.87. The zero-order valence-electron chi connectivity index (χ0n) is 10.0. The van der Waals surface area contributed by atoms with Gasteiger partial charge in [0.2, 0.25) is 0 Å². The standard InChI is InChI=1S/C13H10ClF3N2O/c14-9-5-10(12(18)19-6-9)11(20)7-1-3-8(4-2-7)13(15,16)17/h1-6,11,20H,(H2,18,19). The SMILES string of the molecule is Nc1ncc(Cl)cc1C(O)c1ccc(C(F)(F)F)cc1. The largest absolute Gasteiger partial charge is 0.416 e. The van der Waals surface area contributed by atoms with Crippen molar-refractivity contribution in [1.29, 1.82) is 0 Å². The van der Waals surface area contributed by atoms with E-state index in [-0.39, 0.29) is 22.0 Å². The van der Waals surface area contributed by atoms with Crippen molar-refractivity contribution in [2.45, 2.75) is 12.3 Å². The van der Waals surface area contributed by atoms with Gasteiger partial charge in [0.15, 0.2) is 0 Å². The third-order valence-electron chi connectivity index (χ3n) is 2.76. The van der Waals surface area contributed by atoms with Crippen molar-refractivity contribution in [2.24, 2.45) is 0 Å². The summed E-state index contributed by atoms with van der Waals surface area (Å²) in [5.41, 5.74) is 5.35. The molecule has 106 valence electrons. The van der Waals surface area contributed by atoms with E-state index in [9.17, 15) is 18.3 Å². The van der Waals surface area contributed by atoms with Gasteiger partial charge in [0.1, 0.15) is 11.9 Å². The normalized spacial score (nSPS) is 13.2. The predicted molar refractivity (Wildman–Crippen MR) is 69.2 cm³/mol. The molecule has 20 heavy (non-hydrogen) atoms.